The van der Waals surface area contributed by atoms with Gasteiger partial charge in [-0.05, 0) is 43.7 Å². The second kappa shape index (κ2) is 8.44. The largest absolute Gasteiger partial charge is 0.374 e. The van der Waals surface area contributed by atoms with Gasteiger partial charge in [0.2, 0.25) is 5.89 Å². The summed E-state index contributed by atoms with van der Waals surface area (Å²) in [5.41, 5.74) is 3.71. The molecule has 6 heteroatoms. The molecule has 1 N–H and O–H groups in total. The first-order valence-electron chi connectivity index (χ1n) is 9.85. The van der Waals surface area contributed by atoms with Crippen LogP contribution in [0, 0.1) is 6.92 Å². The predicted octanol–water partition coefficient (Wildman–Crippen LogP) is 3.87. The number of benzene rings is 2. The van der Waals surface area contributed by atoms with E-state index in [0.717, 1.165) is 38.4 Å². The van der Waals surface area contributed by atoms with E-state index in [0.29, 0.717) is 11.7 Å². The van der Waals surface area contributed by atoms with Gasteiger partial charge in [0.05, 0.1) is 0 Å². The molecule has 1 aromatic heterocycles. The quantitative estimate of drug-likeness (QED) is 0.704. The second-order valence-electron chi connectivity index (χ2n) is 7.34. The van der Waals surface area contributed by atoms with E-state index >= 15 is 0 Å². The molecule has 4 rings (SSSR count). The fraction of sp³-hybridized carbons (Fsp3) is 0.364. The number of aryl methyl sites for hydroxylation is 1. The van der Waals surface area contributed by atoms with Crippen molar-refractivity contribution in [3.63, 3.8) is 0 Å². The first kappa shape index (κ1) is 18.5. The molecule has 1 saturated heterocycles. The van der Waals surface area contributed by atoms with E-state index in [-0.39, 0.29) is 6.04 Å². The summed E-state index contributed by atoms with van der Waals surface area (Å²) >= 11 is 0. The van der Waals surface area contributed by atoms with Crippen LogP contribution in [0.5, 0.6) is 0 Å². The minimum Gasteiger partial charge on any atom is -0.374 e. The third-order valence-corrected chi connectivity index (χ3v) is 5.15. The summed E-state index contributed by atoms with van der Waals surface area (Å²) in [6, 6.07) is 19.3. The summed E-state index contributed by atoms with van der Waals surface area (Å²) < 4.78 is 5.23. The van der Waals surface area contributed by atoms with Gasteiger partial charge < -0.3 is 14.7 Å². The maximum absolute atomic E-state index is 5.23. The Hall–Kier alpha value is -2.86. The van der Waals surface area contributed by atoms with Crippen molar-refractivity contribution in [1.82, 2.24) is 15.0 Å². The van der Waals surface area contributed by atoms with Crippen LogP contribution in [0.4, 0.5) is 11.4 Å². The number of nitrogens with zero attached hydrogens (tertiary/aromatic N) is 4. The molecule has 0 aliphatic carbocycles. The second-order valence-corrected chi connectivity index (χ2v) is 7.34. The highest BCUT2D eigenvalue weighted by Gasteiger charge is 2.18. The molecule has 1 atom stereocenters. The van der Waals surface area contributed by atoms with Crippen LogP contribution in [0.1, 0.15) is 30.2 Å². The van der Waals surface area contributed by atoms with E-state index in [4.69, 9.17) is 4.52 Å². The average molecular weight is 377 g/mol. The molecule has 0 saturated carbocycles. The topological polar surface area (TPSA) is 57.4 Å². The Balaban J connectivity index is 1.30. The molecule has 0 amide bonds. The lowest BCUT2D eigenvalue weighted by molar-refractivity contribution is 0.250. The van der Waals surface area contributed by atoms with Crippen LogP contribution >= 0.6 is 0 Å². The van der Waals surface area contributed by atoms with Crippen molar-refractivity contribution in [3.05, 3.63) is 71.9 Å². The van der Waals surface area contributed by atoms with Crippen LogP contribution in [0.3, 0.4) is 0 Å². The van der Waals surface area contributed by atoms with E-state index < -0.39 is 0 Å². The van der Waals surface area contributed by atoms with Gasteiger partial charge in [-0.3, -0.25) is 4.90 Å². The molecule has 0 spiro atoms. The van der Waals surface area contributed by atoms with E-state index in [1.807, 2.05) is 13.8 Å². The number of anilines is 2. The Morgan fingerprint density at radius 3 is 2.36 bits per heavy atom. The maximum Gasteiger partial charge on any atom is 0.248 e. The van der Waals surface area contributed by atoms with Crippen LogP contribution in [-0.2, 0) is 6.54 Å². The van der Waals surface area contributed by atoms with Gasteiger partial charge in [-0.2, -0.15) is 4.98 Å². The molecular weight excluding hydrogens is 350 g/mol. The van der Waals surface area contributed by atoms with Gasteiger partial charge in [-0.1, -0.05) is 35.5 Å². The van der Waals surface area contributed by atoms with Crippen molar-refractivity contribution in [1.29, 1.82) is 0 Å². The van der Waals surface area contributed by atoms with Crippen LogP contribution in [0.2, 0.25) is 0 Å². The zero-order valence-electron chi connectivity index (χ0n) is 16.5. The minimum atomic E-state index is -0.0198. The van der Waals surface area contributed by atoms with Crippen molar-refractivity contribution in [3.8, 4) is 0 Å². The first-order chi connectivity index (χ1) is 13.7. The Kier molecular flexibility index (Phi) is 5.58. The Labute approximate surface area is 166 Å². The fourth-order valence-corrected chi connectivity index (χ4v) is 3.58. The van der Waals surface area contributed by atoms with Crippen molar-refractivity contribution in [2.75, 3.05) is 36.4 Å². The number of piperazine rings is 1. The van der Waals surface area contributed by atoms with Gasteiger partial charge in [0.25, 0.3) is 0 Å². The molecule has 1 aliphatic rings. The molecule has 0 radical (unpaired) electrons. The van der Waals surface area contributed by atoms with Gasteiger partial charge in [0.15, 0.2) is 5.82 Å². The Morgan fingerprint density at radius 2 is 1.71 bits per heavy atom. The zero-order chi connectivity index (χ0) is 19.3. The lowest BCUT2D eigenvalue weighted by Crippen LogP contribution is -2.45. The number of rotatable bonds is 6. The zero-order valence-corrected chi connectivity index (χ0v) is 16.5. The van der Waals surface area contributed by atoms with Gasteiger partial charge in [0.1, 0.15) is 6.04 Å². The number of aromatic nitrogens is 2. The highest BCUT2D eigenvalue weighted by atomic mass is 16.5. The molecule has 0 unspecified atom stereocenters. The third-order valence-electron chi connectivity index (χ3n) is 5.15. The summed E-state index contributed by atoms with van der Waals surface area (Å²) in [5, 5.41) is 7.26. The standard InChI is InChI=1S/C22H27N5O/c1-17(22-24-18(2)25-28-22)23-20-8-10-21(11-9-20)27-14-12-26(13-15-27)16-19-6-4-3-5-7-19/h3-11,17,23H,12-16H2,1-2H3/t17-/m0/s1. The normalized spacial score (nSPS) is 16.1. The Morgan fingerprint density at radius 1 is 1.00 bits per heavy atom. The number of hydrogen-bond donors (Lipinski definition) is 1. The number of nitrogens with one attached hydrogen (secondary N) is 1. The van der Waals surface area contributed by atoms with Crippen molar-refractivity contribution in [2.24, 2.45) is 0 Å². The predicted molar refractivity (Wildman–Crippen MR) is 111 cm³/mol. The molecule has 1 aliphatic heterocycles. The highest BCUT2D eigenvalue weighted by Crippen LogP contribution is 2.23. The third kappa shape index (κ3) is 4.51. The molecule has 2 heterocycles. The highest BCUT2D eigenvalue weighted by molar-refractivity contribution is 5.55. The van der Waals surface area contributed by atoms with Gasteiger partial charge in [-0.15, -0.1) is 0 Å². The lowest BCUT2D eigenvalue weighted by atomic mass is 10.2. The molecule has 146 valence electrons. The van der Waals surface area contributed by atoms with Crippen molar-refractivity contribution < 1.29 is 4.52 Å². The molecular formula is C22H27N5O. The van der Waals surface area contributed by atoms with Crippen LogP contribution in [0.25, 0.3) is 0 Å². The van der Waals surface area contributed by atoms with E-state index in [9.17, 15) is 0 Å². The molecule has 3 aromatic rings. The fourth-order valence-electron chi connectivity index (χ4n) is 3.58. The maximum atomic E-state index is 5.23. The monoisotopic (exact) mass is 377 g/mol. The minimum absolute atomic E-state index is 0.0198. The smallest absolute Gasteiger partial charge is 0.248 e. The molecule has 6 nitrogen and oxygen atoms in total. The molecule has 1 fully saturated rings. The molecule has 0 bridgehead atoms. The average Bonchev–Trinajstić information content (AvgIpc) is 3.17. The van der Waals surface area contributed by atoms with Crippen molar-refractivity contribution >= 4 is 11.4 Å². The van der Waals surface area contributed by atoms with Crippen molar-refractivity contribution in [2.45, 2.75) is 26.4 Å². The SMILES string of the molecule is Cc1noc([C@H](C)Nc2ccc(N3CCN(Cc4ccccc4)CC3)cc2)n1. The molecule has 2 aromatic carbocycles. The number of hydrogen-bond acceptors (Lipinski definition) is 6. The van der Waals surface area contributed by atoms with Crippen LogP contribution in [0.15, 0.2) is 59.1 Å². The summed E-state index contributed by atoms with van der Waals surface area (Å²) in [4.78, 5) is 9.26. The lowest BCUT2D eigenvalue weighted by Gasteiger charge is -2.36. The summed E-state index contributed by atoms with van der Waals surface area (Å²) in [6.07, 6.45) is 0. The van der Waals surface area contributed by atoms with Crippen LogP contribution < -0.4 is 10.2 Å². The summed E-state index contributed by atoms with van der Waals surface area (Å²) in [5.74, 6) is 1.27. The van der Waals surface area contributed by atoms with E-state index in [1.165, 1.54) is 11.3 Å². The van der Waals surface area contributed by atoms with Gasteiger partial charge in [-0.25, -0.2) is 0 Å². The van der Waals surface area contributed by atoms with E-state index in [1.54, 1.807) is 0 Å². The van der Waals surface area contributed by atoms with Crippen LogP contribution in [-0.4, -0.2) is 41.2 Å². The summed E-state index contributed by atoms with van der Waals surface area (Å²) in [7, 11) is 0. The first-order valence-corrected chi connectivity index (χ1v) is 9.85. The molecule has 28 heavy (non-hydrogen) atoms. The summed E-state index contributed by atoms with van der Waals surface area (Å²) in [6.45, 7) is 9.16. The van der Waals surface area contributed by atoms with Gasteiger partial charge in [0, 0.05) is 44.1 Å². The Bertz CT molecular complexity index is 869. The van der Waals surface area contributed by atoms with Gasteiger partial charge >= 0.3 is 0 Å². The van der Waals surface area contributed by atoms with E-state index in [2.05, 4.69) is 79.9 Å².